The Bertz CT molecular complexity index is 1030. The first-order valence-corrected chi connectivity index (χ1v) is 10.7. The molecular formula is C23H31N5O. The first kappa shape index (κ1) is 19.8. The Hall–Kier alpha value is -2.47. The zero-order valence-electron chi connectivity index (χ0n) is 18.0. The molecule has 1 aliphatic heterocycles. The molecule has 4 rings (SSSR count). The van der Waals surface area contributed by atoms with Gasteiger partial charge < -0.3 is 4.90 Å². The third-order valence-electron chi connectivity index (χ3n) is 5.96. The summed E-state index contributed by atoms with van der Waals surface area (Å²) in [4.78, 5) is 22.1. The Labute approximate surface area is 172 Å². The fourth-order valence-corrected chi connectivity index (χ4v) is 4.42. The zero-order valence-corrected chi connectivity index (χ0v) is 18.0. The van der Waals surface area contributed by atoms with E-state index >= 15 is 0 Å². The van der Waals surface area contributed by atoms with Crippen molar-refractivity contribution < 1.29 is 4.79 Å². The van der Waals surface area contributed by atoms with Gasteiger partial charge in [-0.05, 0) is 43.9 Å². The molecule has 6 heteroatoms. The molecule has 29 heavy (non-hydrogen) atoms. The topological polar surface area (TPSA) is 53.7 Å². The van der Waals surface area contributed by atoms with Crippen molar-refractivity contribution in [3.63, 3.8) is 0 Å². The lowest BCUT2D eigenvalue weighted by Gasteiger charge is -2.35. The number of amides is 1. The fraction of sp³-hybridized carbons (Fsp3) is 0.522. The molecule has 0 spiro atoms. The third kappa shape index (κ3) is 3.99. The first-order chi connectivity index (χ1) is 13.9. The fourth-order valence-electron chi connectivity index (χ4n) is 4.42. The summed E-state index contributed by atoms with van der Waals surface area (Å²) < 4.78 is 1.93. The van der Waals surface area contributed by atoms with Crippen molar-refractivity contribution in [2.24, 2.45) is 5.92 Å². The Balaban J connectivity index is 1.46. The first-order valence-electron chi connectivity index (χ1n) is 10.7. The molecule has 3 aromatic rings. The van der Waals surface area contributed by atoms with Crippen molar-refractivity contribution in [3.8, 4) is 0 Å². The average molecular weight is 394 g/mol. The standard InChI is InChI=1S/C23H31N5O/c1-16(2)15-26-11-13-27(14-12-26)22(29)10-9-19-17(3)24-23-20-7-5-6-8-21(20)25-28(23)18(19)4/h5-8,16H,9-15H2,1-4H3. The molecule has 0 radical (unpaired) electrons. The maximum atomic E-state index is 12.8. The van der Waals surface area contributed by atoms with E-state index in [0.29, 0.717) is 18.8 Å². The number of aromatic nitrogens is 3. The van der Waals surface area contributed by atoms with Crippen molar-refractivity contribution in [1.29, 1.82) is 0 Å². The molecule has 0 N–H and O–H groups in total. The Morgan fingerprint density at radius 2 is 1.83 bits per heavy atom. The summed E-state index contributed by atoms with van der Waals surface area (Å²) in [5.41, 5.74) is 5.06. The lowest BCUT2D eigenvalue weighted by molar-refractivity contribution is -0.132. The number of aryl methyl sites for hydroxylation is 2. The van der Waals surface area contributed by atoms with Crippen LogP contribution in [0.15, 0.2) is 24.3 Å². The number of carbonyl (C=O) groups is 1. The smallest absolute Gasteiger partial charge is 0.222 e. The summed E-state index contributed by atoms with van der Waals surface area (Å²) >= 11 is 0. The van der Waals surface area contributed by atoms with Gasteiger partial charge in [0.15, 0.2) is 5.65 Å². The minimum absolute atomic E-state index is 0.249. The molecule has 0 unspecified atom stereocenters. The number of hydrogen-bond acceptors (Lipinski definition) is 4. The van der Waals surface area contributed by atoms with Crippen LogP contribution in [-0.4, -0.2) is 63.0 Å². The molecule has 3 heterocycles. The summed E-state index contributed by atoms with van der Waals surface area (Å²) in [6, 6.07) is 8.09. The largest absolute Gasteiger partial charge is 0.340 e. The molecule has 154 valence electrons. The van der Waals surface area contributed by atoms with E-state index in [1.807, 2.05) is 34.5 Å². The van der Waals surface area contributed by atoms with Crippen LogP contribution >= 0.6 is 0 Å². The van der Waals surface area contributed by atoms with Crippen LogP contribution in [-0.2, 0) is 11.2 Å². The van der Waals surface area contributed by atoms with Gasteiger partial charge in [-0.1, -0.05) is 26.0 Å². The van der Waals surface area contributed by atoms with E-state index in [1.165, 1.54) is 0 Å². The predicted octanol–water partition coefficient (Wildman–Crippen LogP) is 3.23. The van der Waals surface area contributed by atoms with E-state index in [0.717, 1.165) is 66.2 Å². The summed E-state index contributed by atoms with van der Waals surface area (Å²) in [5.74, 6) is 0.920. The van der Waals surface area contributed by atoms with Crippen LogP contribution in [0.25, 0.3) is 16.6 Å². The maximum Gasteiger partial charge on any atom is 0.222 e. The lowest BCUT2D eigenvalue weighted by Crippen LogP contribution is -2.49. The molecule has 1 aromatic carbocycles. The minimum Gasteiger partial charge on any atom is -0.340 e. The van der Waals surface area contributed by atoms with E-state index in [4.69, 9.17) is 10.1 Å². The number of piperazine rings is 1. The van der Waals surface area contributed by atoms with E-state index in [-0.39, 0.29) is 5.91 Å². The van der Waals surface area contributed by atoms with Crippen LogP contribution < -0.4 is 0 Å². The summed E-state index contributed by atoms with van der Waals surface area (Å²) in [6.07, 6.45) is 1.24. The van der Waals surface area contributed by atoms with Crippen LogP contribution in [0.4, 0.5) is 0 Å². The van der Waals surface area contributed by atoms with Gasteiger partial charge in [-0.3, -0.25) is 9.69 Å². The maximum absolute atomic E-state index is 12.8. The van der Waals surface area contributed by atoms with Gasteiger partial charge >= 0.3 is 0 Å². The normalized spacial score (nSPS) is 15.7. The van der Waals surface area contributed by atoms with Gasteiger partial charge in [0.2, 0.25) is 5.91 Å². The second-order valence-electron chi connectivity index (χ2n) is 8.59. The Kier molecular flexibility index (Phi) is 5.54. The monoisotopic (exact) mass is 393 g/mol. The molecule has 0 saturated carbocycles. The number of nitrogens with zero attached hydrogens (tertiary/aromatic N) is 5. The second-order valence-corrected chi connectivity index (χ2v) is 8.59. The quantitative estimate of drug-likeness (QED) is 0.668. The van der Waals surface area contributed by atoms with E-state index in [2.05, 4.69) is 31.7 Å². The molecule has 0 bridgehead atoms. The highest BCUT2D eigenvalue weighted by atomic mass is 16.2. The summed E-state index contributed by atoms with van der Waals surface area (Å²) in [6.45, 7) is 13.4. The molecule has 1 saturated heterocycles. The SMILES string of the molecule is Cc1nc2c3ccccc3nn2c(C)c1CCC(=O)N1CCN(CC(C)C)CC1. The van der Waals surface area contributed by atoms with Crippen LogP contribution in [0.2, 0.25) is 0 Å². The molecular weight excluding hydrogens is 362 g/mol. The molecule has 0 aliphatic carbocycles. The van der Waals surface area contributed by atoms with Crippen molar-refractivity contribution in [2.75, 3.05) is 32.7 Å². The van der Waals surface area contributed by atoms with Crippen LogP contribution in [0.5, 0.6) is 0 Å². The lowest BCUT2D eigenvalue weighted by atomic mass is 10.1. The van der Waals surface area contributed by atoms with Gasteiger partial charge in [0, 0.05) is 55.9 Å². The third-order valence-corrected chi connectivity index (χ3v) is 5.96. The van der Waals surface area contributed by atoms with Crippen LogP contribution in [0, 0.1) is 19.8 Å². The van der Waals surface area contributed by atoms with Crippen molar-refractivity contribution in [1.82, 2.24) is 24.4 Å². The summed E-state index contributed by atoms with van der Waals surface area (Å²) in [7, 11) is 0. The van der Waals surface area contributed by atoms with Crippen molar-refractivity contribution in [3.05, 3.63) is 41.2 Å². The van der Waals surface area contributed by atoms with Gasteiger partial charge in [0.1, 0.15) is 0 Å². The van der Waals surface area contributed by atoms with Gasteiger partial charge in [0.25, 0.3) is 0 Å². The summed E-state index contributed by atoms with van der Waals surface area (Å²) in [5, 5.41) is 5.79. The minimum atomic E-state index is 0.249. The Morgan fingerprint density at radius 3 is 2.55 bits per heavy atom. The average Bonchev–Trinajstić information content (AvgIpc) is 3.06. The zero-order chi connectivity index (χ0) is 20.5. The number of carbonyl (C=O) groups excluding carboxylic acids is 1. The highest BCUT2D eigenvalue weighted by Gasteiger charge is 2.22. The highest BCUT2D eigenvalue weighted by Crippen LogP contribution is 2.23. The number of rotatable bonds is 5. The van der Waals surface area contributed by atoms with Gasteiger partial charge in [0.05, 0.1) is 5.52 Å². The molecule has 1 fully saturated rings. The molecule has 1 aliphatic rings. The Morgan fingerprint density at radius 1 is 1.10 bits per heavy atom. The predicted molar refractivity (Wildman–Crippen MR) is 116 cm³/mol. The molecule has 2 aromatic heterocycles. The van der Waals surface area contributed by atoms with Crippen LogP contribution in [0.3, 0.4) is 0 Å². The van der Waals surface area contributed by atoms with Crippen molar-refractivity contribution >= 4 is 22.5 Å². The van der Waals surface area contributed by atoms with E-state index in [9.17, 15) is 4.79 Å². The van der Waals surface area contributed by atoms with Crippen LogP contribution in [0.1, 0.15) is 37.2 Å². The molecule has 1 amide bonds. The van der Waals surface area contributed by atoms with E-state index < -0.39 is 0 Å². The van der Waals surface area contributed by atoms with Gasteiger partial charge in [-0.2, -0.15) is 5.10 Å². The second kappa shape index (κ2) is 8.11. The van der Waals surface area contributed by atoms with Crippen molar-refractivity contribution in [2.45, 2.75) is 40.5 Å². The number of hydrogen-bond donors (Lipinski definition) is 0. The number of fused-ring (bicyclic) bond motifs is 3. The molecule has 0 atom stereocenters. The van der Waals surface area contributed by atoms with Gasteiger partial charge in [-0.15, -0.1) is 0 Å². The molecule has 6 nitrogen and oxygen atoms in total. The number of benzene rings is 1. The highest BCUT2D eigenvalue weighted by molar-refractivity contribution is 5.92. The van der Waals surface area contributed by atoms with E-state index in [1.54, 1.807) is 0 Å². The van der Waals surface area contributed by atoms with Gasteiger partial charge in [-0.25, -0.2) is 9.50 Å².